The highest BCUT2D eigenvalue weighted by molar-refractivity contribution is 5.91. The molecule has 0 aliphatic carbocycles. The Kier molecular flexibility index (Phi) is 6.68. The van der Waals surface area contributed by atoms with Crippen LogP contribution in [-0.2, 0) is 4.79 Å². The molecule has 1 aromatic heterocycles. The fraction of sp³-hybridized carbons (Fsp3) is 0.429. The number of nitrogens with zero attached hydrogens (tertiary/aromatic N) is 1. The lowest BCUT2D eigenvalue weighted by atomic mass is 10.2. The van der Waals surface area contributed by atoms with Crippen molar-refractivity contribution < 1.29 is 27.2 Å². The number of carbonyl (C=O) groups is 2. The van der Waals surface area contributed by atoms with Crippen molar-refractivity contribution in [2.24, 2.45) is 0 Å². The highest BCUT2D eigenvalue weighted by Gasteiger charge is 2.32. The second-order valence-corrected chi connectivity index (χ2v) is 4.51. The number of carbonyl (C=O) groups excluding carboxylic acids is 2. The molecule has 22 heavy (non-hydrogen) atoms. The summed E-state index contributed by atoms with van der Waals surface area (Å²) in [5.41, 5.74) is 0. The first kappa shape index (κ1) is 17.8. The number of nitrogens with one attached hydrogen (secondary N) is 1. The lowest BCUT2D eigenvalue weighted by Crippen LogP contribution is -2.39. The van der Waals surface area contributed by atoms with Gasteiger partial charge in [0.15, 0.2) is 5.76 Å². The summed E-state index contributed by atoms with van der Waals surface area (Å²) in [6, 6.07) is 3.04. The zero-order valence-electron chi connectivity index (χ0n) is 11.9. The van der Waals surface area contributed by atoms with Crippen molar-refractivity contribution in [3.63, 3.8) is 0 Å². The Morgan fingerprint density at radius 1 is 1.41 bits per heavy atom. The summed E-state index contributed by atoms with van der Waals surface area (Å²) >= 11 is 0. The first-order valence-electron chi connectivity index (χ1n) is 6.60. The molecule has 1 aromatic rings. The molecule has 0 unspecified atom stereocenters. The van der Waals surface area contributed by atoms with E-state index in [9.17, 15) is 22.8 Å². The van der Waals surface area contributed by atoms with E-state index in [1.165, 1.54) is 18.4 Å². The number of alkyl halides is 3. The van der Waals surface area contributed by atoms with Crippen LogP contribution in [0.2, 0.25) is 0 Å². The molecule has 8 heteroatoms. The molecule has 0 aromatic carbocycles. The molecule has 1 heterocycles. The van der Waals surface area contributed by atoms with Gasteiger partial charge in [-0.15, -0.1) is 6.58 Å². The molecule has 0 saturated heterocycles. The van der Waals surface area contributed by atoms with Gasteiger partial charge < -0.3 is 14.6 Å². The van der Waals surface area contributed by atoms with Crippen LogP contribution >= 0.6 is 0 Å². The Labute approximate surface area is 125 Å². The molecule has 1 N–H and O–H groups in total. The van der Waals surface area contributed by atoms with Gasteiger partial charge in [-0.1, -0.05) is 6.08 Å². The van der Waals surface area contributed by atoms with Crippen LogP contribution in [0.25, 0.3) is 0 Å². The Morgan fingerprint density at radius 2 is 2.14 bits per heavy atom. The van der Waals surface area contributed by atoms with Gasteiger partial charge in [-0.05, 0) is 18.6 Å². The highest BCUT2D eigenvalue weighted by Crippen LogP contribution is 2.17. The normalized spacial score (nSPS) is 11.0. The lowest BCUT2D eigenvalue weighted by molar-refractivity contribution is -0.160. The van der Waals surface area contributed by atoms with Gasteiger partial charge in [0, 0.05) is 19.5 Å². The first-order chi connectivity index (χ1) is 10.3. The van der Waals surface area contributed by atoms with Crippen LogP contribution in [0.4, 0.5) is 13.2 Å². The summed E-state index contributed by atoms with van der Waals surface area (Å²) < 4.78 is 41.9. The average molecular weight is 318 g/mol. The minimum absolute atomic E-state index is 0.0949. The number of rotatable bonds is 8. The van der Waals surface area contributed by atoms with Crippen LogP contribution in [0.5, 0.6) is 0 Å². The Morgan fingerprint density at radius 3 is 2.68 bits per heavy atom. The summed E-state index contributed by atoms with van der Waals surface area (Å²) in [5.74, 6) is -0.933. The Bertz CT molecular complexity index is 498. The molecule has 0 radical (unpaired) electrons. The van der Waals surface area contributed by atoms with E-state index in [0.717, 1.165) is 0 Å². The largest absolute Gasteiger partial charge is 0.459 e. The molecule has 0 saturated carbocycles. The van der Waals surface area contributed by atoms with Crippen molar-refractivity contribution in [1.29, 1.82) is 0 Å². The molecular weight excluding hydrogens is 301 g/mol. The van der Waals surface area contributed by atoms with Crippen LogP contribution < -0.4 is 5.32 Å². The third kappa shape index (κ3) is 6.47. The van der Waals surface area contributed by atoms with E-state index >= 15 is 0 Å². The van der Waals surface area contributed by atoms with Crippen LogP contribution in [-0.4, -0.2) is 42.5 Å². The number of halogens is 3. The zero-order chi connectivity index (χ0) is 16.6. The maximum Gasteiger partial charge on any atom is 0.406 e. The average Bonchev–Trinajstić information content (AvgIpc) is 2.95. The number of hydrogen-bond donors (Lipinski definition) is 1. The summed E-state index contributed by atoms with van der Waals surface area (Å²) in [5, 5.41) is 2.51. The molecule has 0 bridgehead atoms. The number of furan rings is 1. The standard InChI is InChI=1S/C14H17F3N2O3/c1-2-8-19(10-14(15,16)17)12(20)6-3-7-18-13(21)11-5-4-9-22-11/h2,4-5,9H,1,3,6-8,10H2,(H,18,21). The van der Waals surface area contributed by atoms with Crippen LogP contribution in [0.1, 0.15) is 23.4 Å². The third-order valence-corrected chi connectivity index (χ3v) is 2.67. The molecule has 122 valence electrons. The minimum Gasteiger partial charge on any atom is -0.459 e. The van der Waals surface area contributed by atoms with Crippen molar-refractivity contribution in [1.82, 2.24) is 10.2 Å². The van der Waals surface area contributed by atoms with Crippen molar-refractivity contribution >= 4 is 11.8 Å². The monoisotopic (exact) mass is 318 g/mol. The van der Waals surface area contributed by atoms with Gasteiger partial charge >= 0.3 is 6.18 Å². The van der Waals surface area contributed by atoms with E-state index in [0.29, 0.717) is 4.90 Å². The minimum atomic E-state index is -4.45. The van der Waals surface area contributed by atoms with E-state index in [1.807, 2.05) is 0 Å². The fourth-order valence-corrected chi connectivity index (χ4v) is 1.72. The topological polar surface area (TPSA) is 62.6 Å². The van der Waals surface area contributed by atoms with Crippen LogP contribution in [0, 0.1) is 0 Å². The predicted octanol–water partition coefficient (Wildman–Crippen LogP) is 2.37. The van der Waals surface area contributed by atoms with Gasteiger partial charge in [0.25, 0.3) is 5.91 Å². The van der Waals surface area contributed by atoms with Crippen molar-refractivity contribution in [3.8, 4) is 0 Å². The lowest BCUT2D eigenvalue weighted by Gasteiger charge is -2.22. The van der Waals surface area contributed by atoms with E-state index in [-0.39, 0.29) is 31.7 Å². The third-order valence-electron chi connectivity index (χ3n) is 2.67. The first-order valence-corrected chi connectivity index (χ1v) is 6.60. The van der Waals surface area contributed by atoms with Gasteiger partial charge in [-0.2, -0.15) is 13.2 Å². The quantitative estimate of drug-likeness (QED) is 0.591. The van der Waals surface area contributed by atoms with Gasteiger partial charge in [0.05, 0.1) is 6.26 Å². The molecule has 1 rings (SSSR count). The molecule has 0 aliphatic heterocycles. The highest BCUT2D eigenvalue weighted by atomic mass is 19.4. The fourth-order valence-electron chi connectivity index (χ4n) is 1.72. The molecule has 2 amide bonds. The number of hydrogen-bond acceptors (Lipinski definition) is 3. The summed E-state index contributed by atoms with van der Waals surface area (Å²) in [6.07, 6.45) is -1.73. The molecule has 0 atom stereocenters. The van der Waals surface area contributed by atoms with E-state index < -0.39 is 24.5 Å². The maximum absolute atomic E-state index is 12.3. The SMILES string of the molecule is C=CCN(CC(F)(F)F)C(=O)CCCNC(=O)c1ccco1. The van der Waals surface area contributed by atoms with Gasteiger partial charge in [0.2, 0.25) is 5.91 Å². The summed E-state index contributed by atoms with van der Waals surface area (Å²) in [4.78, 5) is 23.9. The van der Waals surface area contributed by atoms with Crippen LogP contribution in [0.15, 0.2) is 35.5 Å². The van der Waals surface area contributed by atoms with Crippen molar-refractivity contribution in [2.45, 2.75) is 19.0 Å². The molecule has 5 nitrogen and oxygen atoms in total. The molecular formula is C14H17F3N2O3. The van der Waals surface area contributed by atoms with Crippen molar-refractivity contribution in [3.05, 3.63) is 36.8 Å². The summed E-state index contributed by atoms with van der Waals surface area (Å²) in [6.45, 7) is 2.02. The molecule has 0 fully saturated rings. The summed E-state index contributed by atoms with van der Waals surface area (Å²) in [7, 11) is 0. The van der Waals surface area contributed by atoms with E-state index in [4.69, 9.17) is 4.42 Å². The molecule has 0 spiro atoms. The maximum atomic E-state index is 12.3. The Hall–Kier alpha value is -2.25. The van der Waals surface area contributed by atoms with Crippen LogP contribution in [0.3, 0.4) is 0 Å². The zero-order valence-corrected chi connectivity index (χ0v) is 11.9. The second-order valence-electron chi connectivity index (χ2n) is 4.51. The van der Waals surface area contributed by atoms with Gasteiger partial charge in [-0.25, -0.2) is 0 Å². The van der Waals surface area contributed by atoms with E-state index in [1.54, 1.807) is 6.07 Å². The second kappa shape index (κ2) is 8.26. The van der Waals surface area contributed by atoms with E-state index in [2.05, 4.69) is 11.9 Å². The van der Waals surface area contributed by atoms with Crippen molar-refractivity contribution in [2.75, 3.05) is 19.6 Å². The predicted molar refractivity (Wildman–Crippen MR) is 73.1 cm³/mol. The van der Waals surface area contributed by atoms with Gasteiger partial charge in [0.1, 0.15) is 6.54 Å². The molecule has 0 aliphatic rings. The smallest absolute Gasteiger partial charge is 0.406 e. The Balaban J connectivity index is 2.34. The number of amides is 2. The van der Waals surface area contributed by atoms with Gasteiger partial charge in [-0.3, -0.25) is 9.59 Å².